The van der Waals surface area contributed by atoms with Crippen LogP contribution in [-0.2, 0) is 6.54 Å². The minimum atomic E-state index is -0.909. The molecular formula is C21H15F2N3OS. The number of hydrogen-bond acceptors (Lipinski definition) is 4. The molecule has 0 N–H and O–H groups in total. The second-order valence-corrected chi connectivity index (χ2v) is 7.26. The zero-order chi connectivity index (χ0) is 19.7. The van der Waals surface area contributed by atoms with Gasteiger partial charge >= 0.3 is 0 Å². The smallest absolute Gasteiger partial charge is 0.263 e. The van der Waals surface area contributed by atoms with Crippen LogP contribution in [-0.4, -0.2) is 15.9 Å². The molecule has 4 rings (SSSR count). The van der Waals surface area contributed by atoms with E-state index in [0.717, 1.165) is 27.9 Å². The highest BCUT2D eigenvalue weighted by molar-refractivity contribution is 7.22. The lowest BCUT2D eigenvalue weighted by Crippen LogP contribution is -2.31. The third-order valence-corrected chi connectivity index (χ3v) is 5.34. The van der Waals surface area contributed by atoms with Gasteiger partial charge in [0.25, 0.3) is 5.91 Å². The molecule has 7 heteroatoms. The lowest BCUT2D eigenvalue weighted by Gasteiger charge is -2.20. The van der Waals surface area contributed by atoms with Crippen LogP contribution in [0.25, 0.3) is 10.2 Å². The molecule has 0 spiro atoms. The van der Waals surface area contributed by atoms with E-state index in [9.17, 15) is 13.6 Å². The van der Waals surface area contributed by atoms with Gasteiger partial charge in [-0.15, -0.1) is 0 Å². The Morgan fingerprint density at radius 1 is 1.11 bits per heavy atom. The number of thiazole rings is 1. The summed E-state index contributed by atoms with van der Waals surface area (Å²) in [7, 11) is 0. The molecule has 4 aromatic rings. The molecule has 0 saturated carbocycles. The number of anilines is 1. The highest BCUT2D eigenvalue weighted by Gasteiger charge is 2.25. The fourth-order valence-corrected chi connectivity index (χ4v) is 3.92. The van der Waals surface area contributed by atoms with E-state index < -0.39 is 17.5 Å². The number of carbonyl (C=O) groups excluding carboxylic acids is 1. The average Bonchev–Trinajstić information content (AvgIpc) is 3.12. The summed E-state index contributed by atoms with van der Waals surface area (Å²) in [6.45, 7) is 2.06. The summed E-state index contributed by atoms with van der Waals surface area (Å²) in [5.41, 5.74) is 2.20. The molecule has 2 aromatic heterocycles. The van der Waals surface area contributed by atoms with Gasteiger partial charge in [-0.25, -0.2) is 13.8 Å². The van der Waals surface area contributed by atoms with E-state index in [0.29, 0.717) is 16.9 Å². The van der Waals surface area contributed by atoms with Gasteiger partial charge in [0.1, 0.15) is 11.6 Å². The monoisotopic (exact) mass is 395 g/mol. The Balaban J connectivity index is 1.80. The summed E-state index contributed by atoms with van der Waals surface area (Å²) in [6.07, 6.45) is 1.62. The lowest BCUT2D eigenvalue weighted by atomic mass is 10.1. The number of amides is 1. The molecule has 0 radical (unpaired) electrons. The number of aryl methyl sites for hydroxylation is 1. The molecule has 0 aliphatic carbocycles. The van der Waals surface area contributed by atoms with E-state index >= 15 is 0 Å². The number of rotatable bonds is 4. The minimum Gasteiger partial charge on any atom is -0.278 e. The molecule has 0 saturated heterocycles. The minimum absolute atomic E-state index is 0.120. The van der Waals surface area contributed by atoms with Crippen molar-refractivity contribution in [3.8, 4) is 0 Å². The lowest BCUT2D eigenvalue weighted by molar-refractivity contribution is 0.0981. The number of aromatic nitrogens is 2. The summed E-state index contributed by atoms with van der Waals surface area (Å²) in [5, 5.41) is 0.434. The Bertz CT molecular complexity index is 1160. The summed E-state index contributed by atoms with van der Waals surface area (Å²) >= 11 is 1.34. The molecule has 0 atom stereocenters. The van der Waals surface area contributed by atoms with Gasteiger partial charge in [0.15, 0.2) is 5.13 Å². The number of halogens is 2. The van der Waals surface area contributed by atoms with Crippen LogP contribution < -0.4 is 4.90 Å². The van der Waals surface area contributed by atoms with E-state index in [1.165, 1.54) is 16.2 Å². The number of fused-ring (bicyclic) bond motifs is 1. The molecule has 0 unspecified atom stereocenters. The van der Waals surface area contributed by atoms with Gasteiger partial charge in [-0.2, -0.15) is 0 Å². The maximum absolute atomic E-state index is 14.3. The summed E-state index contributed by atoms with van der Waals surface area (Å²) < 4.78 is 28.5. The molecule has 2 heterocycles. The molecule has 0 fully saturated rings. The van der Waals surface area contributed by atoms with E-state index in [4.69, 9.17) is 0 Å². The maximum Gasteiger partial charge on any atom is 0.263 e. The quantitative estimate of drug-likeness (QED) is 0.482. The van der Waals surface area contributed by atoms with Gasteiger partial charge in [0, 0.05) is 12.3 Å². The molecule has 1 amide bonds. The highest BCUT2D eigenvalue weighted by Crippen LogP contribution is 2.32. The van der Waals surface area contributed by atoms with Gasteiger partial charge in [-0.1, -0.05) is 29.5 Å². The average molecular weight is 395 g/mol. The summed E-state index contributed by atoms with van der Waals surface area (Å²) in [4.78, 5) is 23.4. The SMILES string of the molecule is Cc1cccc2sc(N(Cc3ccccn3)C(=O)c3ccc(F)cc3F)nc12. The maximum atomic E-state index is 14.3. The third kappa shape index (κ3) is 3.48. The Morgan fingerprint density at radius 3 is 2.68 bits per heavy atom. The van der Waals surface area contributed by atoms with Gasteiger partial charge in [0.05, 0.1) is 28.0 Å². The van der Waals surface area contributed by atoms with Crippen LogP contribution in [0, 0.1) is 18.6 Å². The first-order valence-electron chi connectivity index (χ1n) is 8.56. The molecule has 0 aliphatic rings. The van der Waals surface area contributed by atoms with Gasteiger partial charge in [-0.3, -0.25) is 14.7 Å². The van der Waals surface area contributed by atoms with Crippen LogP contribution in [0.15, 0.2) is 60.8 Å². The standard InChI is InChI=1S/C21H15F2N3OS/c1-13-5-4-7-18-19(13)25-21(28-18)26(12-15-6-2-3-10-24-15)20(27)16-9-8-14(22)11-17(16)23/h2-11H,12H2,1H3. The van der Waals surface area contributed by atoms with Crippen molar-refractivity contribution in [3.63, 3.8) is 0 Å². The van der Waals surface area contributed by atoms with Crippen LogP contribution in [0.5, 0.6) is 0 Å². The first-order valence-corrected chi connectivity index (χ1v) is 9.37. The molecule has 4 nitrogen and oxygen atoms in total. The zero-order valence-electron chi connectivity index (χ0n) is 14.9. The highest BCUT2D eigenvalue weighted by atomic mass is 32.1. The molecule has 28 heavy (non-hydrogen) atoms. The third-order valence-electron chi connectivity index (χ3n) is 4.29. The first-order chi connectivity index (χ1) is 13.5. The van der Waals surface area contributed by atoms with Crippen LogP contribution in [0.4, 0.5) is 13.9 Å². The van der Waals surface area contributed by atoms with Gasteiger partial charge < -0.3 is 0 Å². The topological polar surface area (TPSA) is 46.1 Å². The predicted molar refractivity (Wildman–Crippen MR) is 105 cm³/mol. The first kappa shape index (κ1) is 18.2. The van der Waals surface area contributed by atoms with Crippen LogP contribution in [0.3, 0.4) is 0 Å². The fraction of sp³-hybridized carbons (Fsp3) is 0.0952. The van der Waals surface area contributed by atoms with Crippen LogP contribution in [0.1, 0.15) is 21.6 Å². The Kier molecular flexibility index (Phi) is 4.83. The number of benzene rings is 2. The van der Waals surface area contributed by atoms with Crippen molar-refractivity contribution in [2.24, 2.45) is 0 Å². The van der Waals surface area contributed by atoms with Gasteiger partial charge in [0.2, 0.25) is 0 Å². The van der Waals surface area contributed by atoms with Crippen molar-refractivity contribution in [1.29, 1.82) is 0 Å². The largest absolute Gasteiger partial charge is 0.278 e. The van der Waals surface area contributed by atoms with Crippen molar-refractivity contribution in [3.05, 3.63) is 89.2 Å². The molecule has 140 valence electrons. The van der Waals surface area contributed by atoms with E-state index in [2.05, 4.69) is 9.97 Å². The van der Waals surface area contributed by atoms with E-state index in [1.807, 2.05) is 31.2 Å². The van der Waals surface area contributed by atoms with E-state index in [-0.39, 0.29) is 12.1 Å². The molecule has 0 bridgehead atoms. The number of carbonyl (C=O) groups is 1. The summed E-state index contributed by atoms with van der Waals surface area (Å²) in [6, 6.07) is 14.1. The number of hydrogen-bond donors (Lipinski definition) is 0. The molecule has 2 aromatic carbocycles. The fourth-order valence-electron chi connectivity index (χ4n) is 2.88. The van der Waals surface area contributed by atoms with Crippen LogP contribution >= 0.6 is 11.3 Å². The van der Waals surface area contributed by atoms with Crippen molar-refractivity contribution in [2.75, 3.05) is 4.90 Å². The van der Waals surface area contributed by atoms with Crippen molar-refractivity contribution in [1.82, 2.24) is 9.97 Å². The number of pyridine rings is 1. The van der Waals surface area contributed by atoms with E-state index in [1.54, 1.807) is 18.3 Å². The number of para-hydroxylation sites is 1. The van der Waals surface area contributed by atoms with Crippen molar-refractivity contribution < 1.29 is 13.6 Å². The number of nitrogens with zero attached hydrogens (tertiary/aromatic N) is 3. The normalized spacial score (nSPS) is 11.0. The molecular weight excluding hydrogens is 380 g/mol. The van der Waals surface area contributed by atoms with Gasteiger partial charge in [-0.05, 0) is 42.8 Å². The summed E-state index contributed by atoms with van der Waals surface area (Å²) in [5.74, 6) is -2.24. The molecule has 0 aliphatic heterocycles. The van der Waals surface area contributed by atoms with Crippen molar-refractivity contribution in [2.45, 2.75) is 13.5 Å². The second kappa shape index (κ2) is 7.44. The second-order valence-electron chi connectivity index (χ2n) is 6.25. The Morgan fingerprint density at radius 2 is 1.96 bits per heavy atom. The predicted octanol–water partition coefficient (Wildman–Crippen LogP) is 5.12. The van der Waals surface area contributed by atoms with Crippen LogP contribution in [0.2, 0.25) is 0 Å². The zero-order valence-corrected chi connectivity index (χ0v) is 15.7. The van der Waals surface area contributed by atoms with Crippen molar-refractivity contribution >= 4 is 32.6 Å². The Hall–Kier alpha value is -3.19. The Labute approximate surface area is 164 Å².